The molecule has 4 aliphatic rings. The van der Waals surface area contributed by atoms with Gasteiger partial charge in [0.2, 0.25) is 0 Å². The molecule has 4 aliphatic heterocycles. The van der Waals surface area contributed by atoms with Crippen molar-refractivity contribution in [1.29, 1.82) is 0 Å². The number of rotatable bonds is 8. The van der Waals surface area contributed by atoms with E-state index >= 15 is 8.78 Å². The van der Waals surface area contributed by atoms with Crippen molar-refractivity contribution < 1.29 is 32.5 Å². The maximum absolute atomic E-state index is 17.3. The Bertz CT molecular complexity index is 2200. The van der Waals surface area contributed by atoms with Crippen LogP contribution in [0.4, 0.5) is 19.4 Å². The van der Waals surface area contributed by atoms with E-state index in [9.17, 15) is 4.79 Å². The average Bonchev–Trinajstić information content (AvgIpc) is 3.75. The summed E-state index contributed by atoms with van der Waals surface area (Å²) in [6.07, 6.45) is 11.4. The zero-order valence-electron chi connectivity index (χ0n) is 31.1. The molecular formula is C41H44F2N6O5. The first-order chi connectivity index (χ1) is 25.9. The number of fused-ring (bicyclic) bond motifs is 5. The number of terminal acetylenes is 1. The smallest absolute Gasteiger partial charge is 0.410 e. The van der Waals surface area contributed by atoms with Crippen molar-refractivity contribution in [3.05, 3.63) is 59.8 Å². The summed E-state index contributed by atoms with van der Waals surface area (Å²) in [6.45, 7) is 12.8. The van der Waals surface area contributed by atoms with Crippen LogP contribution in [0.5, 0.6) is 11.8 Å². The van der Waals surface area contributed by atoms with Crippen LogP contribution < -0.4 is 14.4 Å². The number of hydrogen-bond acceptors (Lipinski definition) is 10. The summed E-state index contributed by atoms with van der Waals surface area (Å²) < 4.78 is 55.5. The number of halogens is 2. The van der Waals surface area contributed by atoms with Gasteiger partial charge in [-0.05, 0) is 83.0 Å². The molecule has 11 nitrogen and oxygen atoms in total. The highest BCUT2D eigenvalue weighted by atomic mass is 19.1. The third-order valence-electron chi connectivity index (χ3n) is 11.0. The molecule has 54 heavy (non-hydrogen) atoms. The Morgan fingerprint density at radius 2 is 1.91 bits per heavy atom. The van der Waals surface area contributed by atoms with Gasteiger partial charge >= 0.3 is 12.1 Å². The fourth-order valence-corrected chi connectivity index (χ4v) is 8.80. The molecule has 4 fully saturated rings. The zero-order chi connectivity index (χ0) is 37.9. The molecule has 1 amide bonds. The van der Waals surface area contributed by atoms with Crippen molar-refractivity contribution in [1.82, 2.24) is 24.8 Å². The Morgan fingerprint density at radius 1 is 1.13 bits per heavy atom. The Balaban J connectivity index is 1.24. The molecule has 0 unspecified atom stereocenters. The molecule has 2 bridgehead atoms. The molecule has 8 rings (SSSR count). The lowest BCUT2D eigenvalue weighted by atomic mass is 9.94. The summed E-state index contributed by atoms with van der Waals surface area (Å²) in [5, 5.41) is 1.23. The number of ether oxygens (including phenoxy) is 4. The summed E-state index contributed by atoms with van der Waals surface area (Å²) >= 11 is 0. The monoisotopic (exact) mass is 738 g/mol. The van der Waals surface area contributed by atoms with Gasteiger partial charge in [-0.1, -0.05) is 24.1 Å². The van der Waals surface area contributed by atoms with Gasteiger partial charge in [-0.25, -0.2) is 13.6 Å². The number of carbonyl (C=O) groups excluding carboxylic acids is 1. The fourth-order valence-electron chi connectivity index (χ4n) is 8.80. The number of carbonyl (C=O) groups is 1. The molecule has 2 aromatic carbocycles. The van der Waals surface area contributed by atoms with Gasteiger partial charge in [0.1, 0.15) is 40.8 Å². The molecule has 6 heterocycles. The topological polar surface area (TPSA) is 102 Å². The van der Waals surface area contributed by atoms with E-state index in [0.717, 1.165) is 50.8 Å². The molecule has 4 saturated heterocycles. The highest BCUT2D eigenvalue weighted by Gasteiger charge is 2.47. The second-order valence-electron chi connectivity index (χ2n) is 15.8. The van der Waals surface area contributed by atoms with E-state index in [1.54, 1.807) is 18.2 Å². The number of amides is 1. The van der Waals surface area contributed by atoms with Crippen LogP contribution in [-0.2, 0) is 9.47 Å². The molecular weight excluding hydrogens is 694 g/mol. The summed E-state index contributed by atoms with van der Waals surface area (Å²) in [5.41, 5.74) is 0.437. The van der Waals surface area contributed by atoms with Gasteiger partial charge in [0, 0.05) is 43.9 Å². The predicted octanol–water partition coefficient (Wildman–Crippen LogP) is 6.85. The summed E-state index contributed by atoms with van der Waals surface area (Å²) in [4.78, 5) is 33.8. The van der Waals surface area contributed by atoms with Gasteiger partial charge in [-0.2, -0.15) is 9.97 Å². The van der Waals surface area contributed by atoms with E-state index < -0.39 is 17.2 Å². The van der Waals surface area contributed by atoms with Gasteiger partial charge in [0.25, 0.3) is 0 Å². The fraction of sp³-hybridized carbons (Fsp3) is 0.463. The van der Waals surface area contributed by atoms with Crippen molar-refractivity contribution in [2.45, 2.75) is 76.1 Å². The number of anilines is 1. The third-order valence-corrected chi connectivity index (χ3v) is 11.0. The average molecular weight is 739 g/mol. The van der Waals surface area contributed by atoms with Gasteiger partial charge in [-0.15, -0.1) is 6.42 Å². The highest BCUT2D eigenvalue weighted by molar-refractivity contribution is 6.03. The second-order valence-corrected chi connectivity index (χ2v) is 15.8. The predicted molar refractivity (Wildman–Crippen MR) is 201 cm³/mol. The standard InChI is InChI=1S/C41H44F2N6O5/c1-7-29-32(42)12-9-25-15-28(53-23-51-6)16-30(33(25)29)35-34(43)36-31(18-44-35)37(46-38(45-36)52-22-41-13-8-14-48(41)19-24(2)17-41)47-20-26-10-11-27(21-47)49(26)39(50)54-40(3,4)5/h1,9,12,15-16,18,26-27H,2,8,10-11,13-14,17,19-23H2,3-6H3/t26-,27+,41-/m0/s1. The van der Waals surface area contributed by atoms with Crippen LogP contribution in [-0.4, -0.2) is 101 Å². The summed E-state index contributed by atoms with van der Waals surface area (Å²) in [7, 11) is 1.49. The number of nitrogens with zero attached hydrogens (tertiary/aromatic N) is 6. The molecule has 0 spiro atoms. The van der Waals surface area contributed by atoms with Gasteiger partial charge < -0.3 is 23.8 Å². The Hall–Kier alpha value is -5.06. The maximum atomic E-state index is 17.3. The van der Waals surface area contributed by atoms with Crippen molar-refractivity contribution in [2.75, 3.05) is 51.6 Å². The largest absolute Gasteiger partial charge is 0.468 e. The van der Waals surface area contributed by atoms with E-state index in [1.165, 1.54) is 19.4 Å². The van der Waals surface area contributed by atoms with Crippen LogP contribution in [0.1, 0.15) is 58.4 Å². The van der Waals surface area contributed by atoms with Crippen LogP contribution >= 0.6 is 0 Å². The van der Waals surface area contributed by atoms with E-state index in [-0.39, 0.29) is 58.9 Å². The van der Waals surface area contributed by atoms with Crippen LogP contribution in [0.15, 0.2) is 42.6 Å². The van der Waals surface area contributed by atoms with E-state index in [4.69, 9.17) is 35.3 Å². The molecule has 0 N–H and O–H groups in total. The van der Waals surface area contributed by atoms with Crippen molar-refractivity contribution >= 4 is 33.6 Å². The van der Waals surface area contributed by atoms with Crippen LogP contribution in [0, 0.1) is 24.0 Å². The summed E-state index contributed by atoms with van der Waals surface area (Å²) in [6, 6.07) is 5.89. The minimum atomic E-state index is -0.747. The molecule has 4 aromatic rings. The lowest BCUT2D eigenvalue weighted by Gasteiger charge is -2.42. The van der Waals surface area contributed by atoms with Gasteiger partial charge in [-0.3, -0.25) is 14.8 Å². The van der Waals surface area contributed by atoms with Crippen molar-refractivity contribution in [3.8, 4) is 35.4 Å². The van der Waals surface area contributed by atoms with E-state index in [2.05, 4.69) is 27.3 Å². The molecule has 0 saturated carbocycles. The van der Waals surface area contributed by atoms with Crippen LogP contribution in [0.25, 0.3) is 32.9 Å². The molecule has 3 atom stereocenters. The minimum absolute atomic E-state index is 0.00597. The molecule has 0 radical (unpaired) electrons. The Kier molecular flexibility index (Phi) is 9.09. The minimum Gasteiger partial charge on any atom is -0.468 e. The number of benzene rings is 2. The first-order valence-corrected chi connectivity index (χ1v) is 18.4. The van der Waals surface area contributed by atoms with E-state index in [1.807, 2.05) is 25.7 Å². The number of piperazine rings is 1. The number of aromatic nitrogens is 3. The number of methoxy groups -OCH3 is 1. The zero-order valence-corrected chi connectivity index (χ0v) is 31.1. The van der Waals surface area contributed by atoms with E-state index in [0.29, 0.717) is 47.4 Å². The molecule has 13 heteroatoms. The number of hydrogen-bond donors (Lipinski definition) is 0. The van der Waals surface area contributed by atoms with Crippen LogP contribution in [0.2, 0.25) is 0 Å². The lowest BCUT2D eigenvalue weighted by molar-refractivity contribution is 0.0122. The molecule has 0 aliphatic carbocycles. The van der Waals surface area contributed by atoms with Crippen molar-refractivity contribution in [3.63, 3.8) is 0 Å². The van der Waals surface area contributed by atoms with Gasteiger partial charge in [0.05, 0.1) is 28.6 Å². The number of pyridine rings is 1. The Labute approximate surface area is 313 Å². The maximum Gasteiger partial charge on any atom is 0.410 e. The van der Waals surface area contributed by atoms with Gasteiger partial charge in [0.15, 0.2) is 12.6 Å². The second kappa shape index (κ2) is 13.7. The third kappa shape index (κ3) is 6.35. The summed E-state index contributed by atoms with van der Waals surface area (Å²) in [5.74, 6) is 1.90. The van der Waals surface area contributed by atoms with Crippen LogP contribution in [0.3, 0.4) is 0 Å². The SMILES string of the molecule is C#Cc1c(F)ccc2cc(OCOC)cc(-c3ncc4c(N5C[C@H]6CC[C@@H](C5)N6C(=O)OC(C)(C)C)nc(OC[C@@]56CCCN5CC(=C)C6)nc4c3F)c12. The molecule has 282 valence electrons. The molecule has 2 aromatic heterocycles. The Morgan fingerprint density at radius 3 is 2.63 bits per heavy atom. The highest BCUT2D eigenvalue weighted by Crippen LogP contribution is 2.43. The first kappa shape index (κ1) is 35.9. The lowest BCUT2D eigenvalue weighted by Crippen LogP contribution is -2.57. The first-order valence-electron chi connectivity index (χ1n) is 18.4. The quantitative estimate of drug-likeness (QED) is 0.108. The van der Waals surface area contributed by atoms with Crippen molar-refractivity contribution in [2.24, 2.45) is 0 Å². The normalized spacial score (nSPS) is 22.6.